The van der Waals surface area contributed by atoms with E-state index in [1.165, 1.54) is 28.6 Å². The maximum atomic E-state index is 12.8. The van der Waals surface area contributed by atoms with Gasteiger partial charge in [0.25, 0.3) is 0 Å². The lowest BCUT2D eigenvalue weighted by Gasteiger charge is -2.20. The third kappa shape index (κ3) is 2.93. The molecule has 0 spiro atoms. The Morgan fingerprint density at radius 3 is 1.96 bits per heavy atom. The van der Waals surface area contributed by atoms with Crippen LogP contribution in [-0.4, -0.2) is 11.6 Å². The van der Waals surface area contributed by atoms with Gasteiger partial charge in [0, 0.05) is 41.8 Å². The second kappa shape index (κ2) is 6.05. The number of rotatable bonds is 2. The quantitative estimate of drug-likeness (QED) is 0.396. The molecule has 0 saturated carbocycles. The lowest BCUT2D eigenvalue weighted by molar-refractivity contribution is -0.137. The summed E-state index contributed by atoms with van der Waals surface area (Å²) in [4.78, 5) is 1.89. The highest BCUT2D eigenvalue weighted by atomic mass is 19.4. The molecule has 0 atom stereocenters. The van der Waals surface area contributed by atoms with E-state index in [1.54, 1.807) is 0 Å². The summed E-state index contributed by atoms with van der Waals surface area (Å²) >= 11 is 0. The predicted octanol–water partition coefficient (Wildman–Crippen LogP) is 6.43. The smallest absolute Gasteiger partial charge is 0.345 e. The second-order valence-electron chi connectivity index (χ2n) is 6.88. The van der Waals surface area contributed by atoms with Gasteiger partial charge in [-0.25, -0.2) is 0 Å². The maximum Gasteiger partial charge on any atom is 0.416 e. The zero-order chi connectivity index (χ0) is 19.3. The maximum absolute atomic E-state index is 12.8. The average molecular weight is 368 g/mol. The highest BCUT2D eigenvalue weighted by Crippen LogP contribution is 2.35. The van der Waals surface area contributed by atoms with Crippen LogP contribution >= 0.6 is 0 Å². The summed E-state index contributed by atoms with van der Waals surface area (Å²) in [5, 5.41) is 2.36. The lowest BCUT2D eigenvalue weighted by Crippen LogP contribution is -2.10. The minimum Gasteiger partial charge on any atom is -0.345 e. The van der Waals surface area contributed by atoms with E-state index in [1.807, 2.05) is 25.1 Å². The fourth-order valence-electron chi connectivity index (χ4n) is 3.53. The predicted molar refractivity (Wildman–Crippen MR) is 105 cm³/mol. The Morgan fingerprint density at radius 2 is 1.33 bits per heavy atom. The Labute approximate surface area is 155 Å². The van der Waals surface area contributed by atoms with Crippen LogP contribution in [0.5, 0.6) is 0 Å². The molecule has 2 nitrogen and oxygen atoms in total. The molecule has 0 aliphatic carbocycles. The summed E-state index contributed by atoms with van der Waals surface area (Å²) in [6.45, 7) is 2.07. The third-order valence-electron chi connectivity index (χ3n) is 5.12. The number of hydrogen-bond donors (Lipinski definition) is 0. The van der Waals surface area contributed by atoms with Gasteiger partial charge in [0.2, 0.25) is 0 Å². The monoisotopic (exact) mass is 368 g/mol. The van der Waals surface area contributed by atoms with Crippen molar-refractivity contribution in [3.8, 4) is 0 Å². The fourth-order valence-corrected chi connectivity index (χ4v) is 3.53. The van der Waals surface area contributed by atoms with Gasteiger partial charge in [-0.3, -0.25) is 0 Å². The van der Waals surface area contributed by atoms with Gasteiger partial charge in [-0.1, -0.05) is 18.2 Å². The molecule has 1 aromatic heterocycles. The zero-order valence-corrected chi connectivity index (χ0v) is 15.3. The number of fused-ring (bicyclic) bond motifs is 3. The summed E-state index contributed by atoms with van der Waals surface area (Å²) < 4.78 is 40.5. The number of aromatic nitrogens is 1. The number of halogens is 3. The molecule has 3 aromatic carbocycles. The lowest BCUT2D eigenvalue weighted by atomic mass is 10.1. The van der Waals surface area contributed by atoms with Crippen molar-refractivity contribution in [2.45, 2.75) is 13.1 Å². The van der Waals surface area contributed by atoms with E-state index in [0.29, 0.717) is 5.69 Å². The molecular formula is C22H19F3N2. The minimum atomic E-state index is -4.32. The van der Waals surface area contributed by atoms with Gasteiger partial charge in [-0.2, -0.15) is 13.2 Å². The Bertz CT molecular complexity index is 1140. The van der Waals surface area contributed by atoms with E-state index >= 15 is 0 Å². The Hall–Kier alpha value is -2.95. The van der Waals surface area contributed by atoms with Crippen LogP contribution in [0.1, 0.15) is 11.1 Å². The molecular weight excluding hydrogens is 349 g/mol. The van der Waals surface area contributed by atoms with Crippen molar-refractivity contribution < 1.29 is 13.2 Å². The van der Waals surface area contributed by atoms with Crippen molar-refractivity contribution in [1.29, 1.82) is 0 Å². The number of aryl methyl sites for hydroxylation is 2. The van der Waals surface area contributed by atoms with E-state index in [0.717, 1.165) is 28.7 Å². The first-order valence-electron chi connectivity index (χ1n) is 8.65. The topological polar surface area (TPSA) is 8.17 Å². The molecule has 1 heterocycles. The van der Waals surface area contributed by atoms with Gasteiger partial charge in [-0.15, -0.1) is 0 Å². The first-order valence-corrected chi connectivity index (χ1v) is 8.65. The van der Waals surface area contributed by atoms with Gasteiger partial charge < -0.3 is 9.47 Å². The summed E-state index contributed by atoms with van der Waals surface area (Å²) in [7, 11) is 3.89. The highest BCUT2D eigenvalue weighted by Gasteiger charge is 2.30. The molecule has 0 aliphatic rings. The minimum absolute atomic E-state index is 0.640. The van der Waals surface area contributed by atoms with Crippen LogP contribution in [-0.2, 0) is 13.2 Å². The summed E-state index contributed by atoms with van der Waals surface area (Å²) in [6, 6.07) is 17.8. The van der Waals surface area contributed by atoms with Gasteiger partial charge in [0.05, 0.1) is 11.1 Å². The third-order valence-corrected chi connectivity index (χ3v) is 5.12. The van der Waals surface area contributed by atoms with E-state index in [-0.39, 0.29) is 0 Å². The van der Waals surface area contributed by atoms with Crippen molar-refractivity contribution in [2.75, 3.05) is 11.9 Å². The number of alkyl halides is 3. The van der Waals surface area contributed by atoms with Crippen LogP contribution in [0, 0.1) is 6.92 Å². The van der Waals surface area contributed by atoms with Gasteiger partial charge >= 0.3 is 6.18 Å². The molecule has 0 saturated heterocycles. The second-order valence-corrected chi connectivity index (χ2v) is 6.88. The van der Waals surface area contributed by atoms with Crippen LogP contribution in [0.2, 0.25) is 0 Å². The molecule has 138 valence electrons. The number of benzene rings is 3. The standard InChI is InChI=1S/C22H19F3N2/c1-14-4-10-18-19-11-9-17(13-21(19)27(3)20(18)12-14)26(2)16-7-5-15(6-8-16)22(23,24)25/h4-13H,1-3H3. The molecule has 4 rings (SSSR count). The SMILES string of the molecule is Cc1ccc2c3ccc(N(C)c4ccc(C(F)(F)F)cc4)cc3n(C)c2c1. The zero-order valence-electron chi connectivity index (χ0n) is 15.3. The summed E-state index contributed by atoms with van der Waals surface area (Å²) in [5.74, 6) is 0. The van der Waals surface area contributed by atoms with Crippen LogP contribution in [0.15, 0.2) is 60.7 Å². The van der Waals surface area contributed by atoms with Gasteiger partial charge in [0.15, 0.2) is 0 Å². The van der Waals surface area contributed by atoms with Crippen molar-refractivity contribution in [2.24, 2.45) is 7.05 Å². The molecule has 27 heavy (non-hydrogen) atoms. The van der Waals surface area contributed by atoms with Crippen LogP contribution in [0.3, 0.4) is 0 Å². The molecule has 4 aromatic rings. The summed E-state index contributed by atoms with van der Waals surface area (Å²) in [6.07, 6.45) is -4.32. The first-order chi connectivity index (χ1) is 12.8. The Morgan fingerprint density at radius 1 is 0.778 bits per heavy atom. The molecule has 0 bridgehead atoms. The average Bonchev–Trinajstić information content (AvgIpc) is 2.92. The number of anilines is 2. The van der Waals surface area contributed by atoms with Crippen molar-refractivity contribution in [3.05, 3.63) is 71.8 Å². The van der Waals surface area contributed by atoms with E-state index in [2.05, 4.69) is 41.8 Å². The van der Waals surface area contributed by atoms with Crippen molar-refractivity contribution in [1.82, 2.24) is 4.57 Å². The Kier molecular flexibility index (Phi) is 3.91. The first kappa shape index (κ1) is 17.5. The summed E-state index contributed by atoms with van der Waals surface area (Å²) in [5.41, 5.74) is 4.45. The largest absolute Gasteiger partial charge is 0.416 e. The number of nitrogens with zero attached hydrogens (tertiary/aromatic N) is 2. The fraction of sp³-hybridized carbons (Fsp3) is 0.182. The van der Waals surface area contributed by atoms with E-state index < -0.39 is 11.7 Å². The van der Waals surface area contributed by atoms with Gasteiger partial charge in [0.1, 0.15) is 0 Å². The molecule has 5 heteroatoms. The van der Waals surface area contributed by atoms with E-state index in [9.17, 15) is 13.2 Å². The van der Waals surface area contributed by atoms with Crippen molar-refractivity contribution >= 4 is 33.2 Å². The molecule has 0 unspecified atom stereocenters. The van der Waals surface area contributed by atoms with Gasteiger partial charge in [-0.05, 0) is 55.0 Å². The molecule has 0 fully saturated rings. The van der Waals surface area contributed by atoms with E-state index in [4.69, 9.17) is 0 Å². The normalized spacial score (nSPS) is 12.1. The molecule has 0 aliphatic heterocycles. The molecule has 0 amide bonds. The number of hydrogen-bond acceptors (Lipinski definition) is 1. The van der Waals surface area contributed by atoms with Crippen LogP contribution in [0.4, 0.5) is 24.5 Å². The highest BCUT2D eigenvalue weighted by molar-refractivity contribution is 6.09. The van der Waals surface area contributed by atoms with Crippen LogP contribution < -0.4 is 4.90 Å². The van der Waals surface area contributed by atoms with Crippen LogP contribution in [0.25, 0.3) is 21.8 Å². The Balaban J connectivity index is 1.77. The molecule has 0 radical (unpaired) electrons. The molecule has 0 N–H and O–H groups in total. The van der Waals surface area contributed by atoms with Crippen molar-refractivity contribution in [3.63, 3.8) is 0 Å².